The third-order valence-corrected chi connectivity index (χ3v) is 1.70. The van der Waals surface area contributed by atoms with Crippen LogP contribution in [0.3, 0.4) is 0 Å². The molecule has 1 nitrogen and oxygen atoms in total. The molecule has 1 rings (SSSR count). The Morgan fingerprint density at radius 1 is 1.14 bits per heavy atom. The van der Waals surface area contributed by atoms with Gasteiger partial charge in [-0.25, -0.2) is 0 Å². The summed E-state index contributed by atoms with van der Waals surface area (Å²) < 4.78 is 5.19. The first-order valence-corrected chi connectivity index (χ1v) is 4.93. The lowest BCUT2D eigenvalue weighted by atomic mass is 10.2. The fourth-order valence-corrected chi connectivity index (χ4v) is 1.02. The smallest absolute Gasteiger partial charge is 0.0870 e. The van der Waals surface area contributed by atoms with Gasteiger partial charge in [-0.2, -0.15) is 0 Å². The fourth-order valence-electron chi connectivity index (χ4n) is 1.02. The molecule has 0 unspecified atom stereocenters. The van der Waals surface area contributed by atoms with Gasteiger partial charge in [0.2, 0.25) is 0 Å². The summed E-state index contributed by atoms with van der Waals surface area (Å²) in [5, 5.41) is 0. The topological polar surface area (TPSA) is 9.23 Å². The zero-order valence-electron chi connectivity index (χ0n) is 8.52. The van der Waals surface area contributed by atoms with Crippen LogP contribution in [-0.2, 0) is 4.74 Å². The minimum absolute atomic E-state index is 0.787. The van der Waals surface area contributed by atoms with Crippen LogP contribution in [0.15, 0.2) is 48.7 Å². The fraction of sp³-hybridized carbons (Fsp3) is 0.231. The highest BCUT2D eigenvalue weighted by Crippen LogP contribution is 2.00. The molecule has 74 valence electrons. The van der Waals surface area contributed by atoms with Gasteiger partial charge >= 0.3 is 0 Å². The molecular weight excluding hydrogens is 172 g/mol. The summed E-state index contributed by atoms with van der Waals surface area (Å²) >= 11 is 0. The second-order valence-electron chi connectivity index (χ2n) is 2.97. The maximum atomic E-state index is 5.19. The van der Waals surface area contributed by atoms with Gasteiger partial charge in [0.1, 0.15) is 0 Å². The van der Waals surface area contributed by atoms with Crippen LogP contribution in [-0.4, -0.2) is 6.61 Å². The lowest BCUT2D eigenvalue weighted by Crippen LogP contribution is -1.81. The largest absolute Gasteiger partial charge is 0.501 e. The highest BCUT2D eigenvalue weighted by atomic mass is 16.5. The van der Waals surface area contributed by atoms with Crippen LogP contribution < -0.4 is 0 Å². The molecule has 1 heteroatoms. The molecule has 0 fully saturated rings. The Bertz CT molecular complexity index is 285. The normalized spacial score (nSPS) is 11.2. The number of ether oxygens (including phenoxy) is 1. The van der Waals surface area contributed by atoms with Crippen LogP contribution in [0, 0.1) is 0 Å². The lowest BCUT2D eigenvalue weighted by Gasteiger charge is -1.93. The van der Waals surface area contributed by atoms with E-state index in [0.717, 1.165) is 13.0 Å². The van der Waals surface area contributed by atoms with E-state index in [1.54, 1.807) is 6.26 Å². The lowest BCUT2D eigenvalue weighted by molar-refractivity contribution is 0.250. The first-order valence-electron chi connectivity index (χ1n) is 4.93. The van der Waals surface area contributed by atoms with E-state index < -0.39 is 0 Å². The minimum atomic E-state index is 0.787. The Labute approximate surface area is 85.7 Å². The Morgan fingerprint density at radius 3 is 2.64 bits per heavy atom. The van der Waals surface area contributed by atoms with Crippen LogP contribution in [0.4, 0.5) is 0 Å². The average molecular weight is 188 g/mol. The molecule has 1 aromatic carbocycles. The Hall–Kier alpha value is -1.50. The Morgan fingerprint density at radius 2 is 1.93 bits per heavy atom. The molecule has 0 aromatic heterocycles. The first-order chi connectivity index (χ1) is 6.93. The van der Waals surface area contributed by atoms with Gasteiger partial charge in [-0.05, 0) is 18.1 Å². The Balaban J connectivity index is 2.31. The monoisotopic (exact) mass is 188 g/mol. The SMILES string of the molecule is CCCOC=CC=Cc1ccccc1. The van der Waals surface area contributed by atoms with Gasteiger partial charge in [-0.3, -0.25) is 0 Å². The van der Waals surface area contributed by atoms with E-state index in [9.17, 15) is 0 Å². The highest BCUT2D eigenvalue weighted by molar-refractivity contribution is 5.50. The van der Waals surface area contributed by atoms with Crippen molar-refractivity contribution in [2.45, 2.75) is 13.3 Å². The molecule has 0 radical (unpaired) electrons. The molecule has 0 heterocycles. The van der Waals surface area contributed by atoms with E-state index in [1.807, 2.05) is 36.4 Å². The van der Waals surface area contributed by atoms with Crippen molar-refractivity contribution >= 4 is 6.08 Å². The van der Waals surface area contributed by atoms with E-state index in [4.69, 9.17) is 4.74 Å². The molecule has 0 spiro atoms. The molecule has 14 heavy (non-hydrogen) atoms. The zero-order chi connectivity index (χ0) is 10.1. The number of benzene rings is 1. The summed E-state index contributed by atoms with van der Waals surface area (Å²) in [4.78, 5) is 0. The third-order valence-electron chi connectivity index (χ3n) is 1.70. The van der Waals surface area contributed by atoms with Crippen molar-refractivity contribution in [2.24, 2.45) is 0 Å². The van der Waals surface area contributed by atoms with Crippen molar-refractivity contribution in [3.63, 3.8) is 0 Å². The van der Waals surface area contributed by atoms with Gasteiger partial charge < -0.3 is 4.74 Å². The summed E-state index contributed by atoms with van der Waals surface area (Å²) in [6.07, 6.45) is 8.70. The second kappa shape index (κ2) is 6.96. The molecule has 0 N–H and O–H groups in total. The quantitative estimate of drug-likeness (QED) is 0.389. The van der Waals surface area contributed by atoms with Gasteiger partial charge in [0, 0.05) is 0 Å². The molecule has 0 aliphatic rings. The molecule has 0 aliphatic heterocycles. The summed E-state index contributed by atoms with van der Waals surface area (Å²) in [5.74, 6) is 0. The molecule has 1 aromatic rings. The molecule has 0 aliphatic carbocycles. The van der Waals surface area contributed by atoms with Crippen LogP contribution in [0.2, 0.25) is 0 Å². The van der Waals surface area contributed by atoms with E-state index in [0.29, 0.717) is 0 Å². The van der Waals surface area contributed by atoms with Crippen LogP contribution >= 0.6 is 0 Å². The molecule has 0 atom stereocenters. The predicted octanol–water partition coefficient (Wildman–Crippen LogP) is 3.64. The van der Waals surface area contributed by atoms with E-state index in [2.05, 4.69) is 19.1 Å². The van der Waals surface area contributed by atoms with Crippen molar-refractivity contribution in [2.75, 3.05) is 6.61 Å². The summed E-state index contributed by atoms with van der Waals surface area (Å²) in [6.45, 7) is 2.88. The van der Waals surface area contributed by atoms with Crippen molar-refractivity contribution in [3.05, 3.63) is 54.3 Å². The molecule has 0 saturated carbocycles. The van der Waals surface area contributed by atoms with Gasteiger partial charge in [-0.15, -0.1) is 0 Å². The van der Waals surface area contributed by atoms with E-state index in [1.165, 1.54) is 5.56 Å². The standard InChI is InChI=1S/C13H16O/c1-2-11-14-12-7-6-10-13-8-4-3-5-9-13/h3-10,12H,2,11H2,1H3. The highest BCUT2D eigenvalue weighted by Gasteiger charge is 1.79. The van der Waals surface area contributed by atoms with Gasteiger partial charge in [0.25, 0.3) is 0 Å². The maximum Gasteiger partial charge on any atom is 0.0870 e. The van der Waals surface area contributed by atoms with Crippen molar-refractivity contribution in [1.82, 2.24) is 0 Å². The number of allylic oxidation sites excluding steroid dienone is 2. The van der Waals surface area contributed by atoms with Crippen molar-refractivity contribution < 1.29 is 4.74 Å². The van der Waals surface area contributed by atoms with Gasteiger partial charge in [0.05, 0.1) is 12.9 Å². The van der Waals surface area contributed by atoms with Crippen molar-refractivity contribution in [1.29, 1.82) is 0 Å². The minimum Gasteiger partial charge on any atom is -0.501 e. The number of hydrogen-bond donors (Lipinski definition) is 0. The van der Waals surface area contributed by atoms with Gasteiger partial charge in [-0.1, -0.05) is 49.4 Å². The van der Waals surface area contributed by atoms with Crippen LogP contribution in [0.1, 0.15) is 18.9 Å². The summed E-state index contributed by atoms with van der Waals surface area (Å²) in [6, 6.07) is 10.2. The molecule has 0 saturated heterocycles. The molecule has 0 bridgehead atoms. The van der Waals surface area contributed by atoms with Crippen molar-refractivity contribution in [3.8, 4) is 0 Å². The third kappa shape index (κ3) is 4.51. The maximum absolute atomic E-state index is 5.19. The predicted molar refractivity (Wildman–Crippen MR) is 60.9 cm³/mol. The van der Waals surface area contributed by atoms with Crippen LogP contribution in [0.5, 0.6) is 0 Å². The summed E-state index contributed by atoms with van der Waals surface area (Å²) in [5.41, 5.74) is 1.20. The molecular formula is C13H16O. The second-order valence-corrected chi connectivity index (χ2v) is 2.97. The number of rotatable bonds is 5. The van der Waals surface area contributed by atoms with E-state index in [-0.39, 0.29) is 0 Å². The average Bonchev–Trinajstić information content (AvgIpc) is 2.25. The Kier molecular flexibility index (Phi) is 5.26. The first kappa shape index (κ1) is 10.6. The van der Waals surface area contributed by atoms with E-state index >= 15 is 0 Å². The number of hydrogen-bond acceptors (Lipinski definition) is 1. The summed E-state index contributed by atoms with van der Waals surface area (Å²) in [7, 11) is 0. The molecule has 0 amide bonds. The van der Waals surface area contributed by atoms with Gasteiger partial charge in [0.15, 0.2) is 0 Å². The zero-order valence-corrected chi connectivity index (χ0v) is 8.52. The van der Waals surface area contributed by atoms with Crippen LogP contribution in [0.25, 0.3) is 6.08 Å².